The molecule has 30 heavy (non-hydrogen) atoms. The van der Waals surface area contributed by atoms with Crippen molar-refractivity contribution < 1.29 is 19.8 Å². The summed E-state index contributed by atoms with van der Waals surface area (Å²) in [6.45, 7) is 0. The Labute approximate surface area is 173 Å². The van der Waals surface area contributed by atoms with E-state index in [1.54, 1.807) is 24.3 Å². The average Bonchev–Trinajstić information content (AvgIpc) is 2.73. The molecule has 4 heteroatoms. The van der Waals surface area contributed by atoms with Crippen LogP contribution in [0.25, 0.3) is 10.8 Å². The van der Waals surface area contributed by atoms with Crippen molar-refractivity contribution in [3.63, 3.8) is 0 Å². The van der Waals surface area contributed by atoms with E-state index in [2.05, 4.69) is 0 Å². The maximum Gasteiger partial charge on any atom is 0.201 e. The lowest BCUT2D eigenvalue weighted by Gasteiger charge is -2.27. The number of benzene rings is 4. The molecule has 0 spiro atoms. The van der Waals surface area contributed by atoms with Gasteiger partial charge in [-0.3, -0.25) is 9.59 Å². The van der Waals surface area contributed by atoms with Gasteiger partial charge in [0.1, 0.15) is 17.3 Å². The molecule has 0 radical (unpaired) electrons. The van der Waals surface area contributed by atoms with Gasteiger partial charge in [-0.25, -0.2) is 0 Å². The summed E-state index contributed by atoms with van der Waals surface area (Å²) in [7, 11) is 0. The first-order valence-electron chi connectivity index (χ1n) is 9.73. The third-order valence-corrected chi connectivity index (χ3v) is 5.74. The van der Waals surface area contributed by atoms with Gasteiger partial charge in [0.2, 0.25) is 5.78 Å². The van der Waals surface area contributed by atoms with Crippen LogP contribution in [-0.2, 0) is 11.2 Å². The van der Waals surface area contributed by atoms with E-state index in [0.29, 0.717) is 11.1 Å². The Hall–Kier alpha value is -3.92. The van der Waals surface area contributed by atoms with Crippen LogP contribution in [0.4, 0.5) is 0 Å². The van der Waals surface area contributed by atoms with Crippen LogP contribution in [-0.4, -0.2) is 21.8 Å². The highest BCUT2D eigenvalue weighted by Gasteiger charge is 2.38. The van der Waals surface area contributed by atoms with Gasteiger partial charge < -0.3 is 10.2 Å². The Balaban J connectivity index is 1.62. The number of rotatable bonds is 3. The highest BCUT2D eigenvalue weighted by Crippen LogP contribution is 2.43. The van der Waals surface area contributed by atoms with Gasteiger partial charge in [-0.05, 0) is 39.6 Å². The second-order valence-electron chi connectivity index (χ2n) is 7.57. The third kappa shape index (κ3) is 2.77. The highest BCUT2D eigenvalue weighted by molar-refractivity contribution is 6.18. The highest BCUT2D eigenvalue weighted by atomic mass is 16.3. The number of hydrogen-bond donors (Lipinski definition) is 2. The molecular formula is C26H18O4. The molecule has 146 valence electrons. The molecule has 1 aliphatic rings. The summed E-state index contributed by atoms with van der Waals surface area (Å²) in [6.07, 6.45) is 0.174. The van der Waals surface area contributed by atoms with Crippen molar-refractivity contribution in [2.45, 2.75) is 12.3 Å². The molecule has 0 aliphatic heterocycles. The number of fused-ring (bicyclic) bond motifs is 3. The molecule has 0 amide bonds. The summed E-state index contributed by atoms with van der Waals surface area (Å²) in [4.78, 5) is 26.5. The Bertz CT molecular complexity index is 1280. The molecule has 0 atom stereocenters. The van der Waals surface area contributed by atoms with Gasteiger partial charge in [-0.1, -0.05) is 66.7 Å². The van der Waals surface area contributed by atoms with E-state index in [4.69, 9.17) is 0 Å². The largest absolute Gasteiger partial charge is 0.507 e. The SMILES string of the molecule is O=C1c2c(O)cccc2C(C(=O)Cc2ccc3ccccc3c2)c2cccc(O)c21. The quantitative estimate of drug-likeness (QED) is 0.526. The third-order valence-electron chi connectivity index (χ3n) is 5.74. The van der Waals surface area contributed by atoms with Crippen LogP contribution >= 0.6 is 0 Å². The lowest BCUT2D eigenvalue weighted by molar-refractivity contribution is -0.119. The molecule has 0 bridgehead atoms. The number of carbonyl (C=O) groups is 2. The molecular weight excluding hydrogens is 376 g/mol. The van der Waals surface area contributed by atoms with Crippen molar-refractivity contribution in [2.24, 2.45) is 0 Å². The number of ketones is 2. The van der Waals surface area contributed by atoms with E-state index < -0.39 is 11.7 Å². The Morgan fingerprint density at radius 3 is 1.97 bits per heavy atom. The number of aromatic hydroxyl groups is 2. The molecule has 4 aromatic carbocycles. The molecule has 0 aromatic heterocycles. The maximum absolute atomic E-state index is 13.5. The summed E-state index contributed by atoms with van der Waals surface area (Å²) in [5.74, 6) is -1.68. The number of hydrogen-bond acceptors (Lipinski definition) is 4. The standard InChI is InChI=1S/C26H18O4/c27-20-9-3-7-18-23(19-8-4-10-21(28)25(19)26(30)24(18)20)22(29)14-15-11-12-16-5-1-2-6-17(16)13-15/h1-13,23,27-28H,14H2. The summed E-state index contributed by atoms with van der Waals surface area (Å²) < 4.78 is 0. The van der Waals surface area contributed by atoms with E-state index in [1.165, 1.54) is 12.1 Å². The minimum Gasteiger partial charge on any atom is -0.507 e. The van der Waals surface area contributed by atoms with Gasteiger partial charge in [0, 0.05) is 6.42 Å². The van der Waals surface area contributed by atoms with E-state index in [0.717, 1.165) is 16.3 Å². The summed E-state index contributed by atoms with van der Waals surface area (Å²) in [5.41, 5.74) is 2.00. The van der Waals surface area contributed by atoms with Gasteiger partial charge in [0.15, 0.2) is 0 Å². The number of phenolic OH excluding ortho intramolecular Hbond substituents is 2. The molecule has 1 aliphatic carbocycles. The van der Waals surface area contributed by atoms with Crippen LogP contribution in [0.1, 0.15) is 38.5 Å². The zero-order valence-electron chi connectivity index (χ0n) is 16.0. The van der Waals surface area contributed by atoms with Gasteiger partial charge in [-0.15, -0.1) is 0 Å². The monoisotopic (exact) mass is 394 g/mol. The minimum absolute atomic E-state index is 0.0864. The Kier molecular flexibility index (Phi) is 4.14. The van der Waals surface area contributed by atoms with Crippen molar-refractivity contribution in [3.8, 4) is 11.5 Å². The Morgan fingerprint density at radius 2 is 1.33 bits per heavy atom. The molecule has 4 aromatic rings. The van der Waals surface area contributed by atoms with Crippen LogP contribution in [0.15, 0.2) is 78.9 Å². The second-order valence-corrected chi connectivity index (χ2v) is 7.57. The smallest absolute Gasteiger partial charge is 0.201 e. The van der Waals surface area contributed by atoms with E-state index in [-0.39, 0.29) is 34.8 Å². The van der Waals surface area contributed by atoms with E-state index in [9.17, 15) is 19.8 Å². The number of carbonyl (C=O) groups excluding carboxylic acids is 2. The molecule has 2 N–H and O–H groups in total. The first-order chi connectivity index (χ1) is 14.5. The van der Waals surface area contributed by atoms with Crippen molar-refractivity contribution in [3.05, 3.63) is 107 Å². The summed E-state index contributed by atoms with van der Waals surface area (Å²) in [6, 6.07) is 23.4. The minimum atomic E-state index is -0.738. The van der Waals surface area contributed by atoms with E-state index >= 15 is 0 Å². The normalized spacial score (nSPS) is 13.1. The van der Waals surface area contributed by atoms with E-state index in [1.807, 2.05) is 42.5 Å². The number of Topliss-reactive ketones (excluding diaryl/α,β-unsaturated/α-hetero) is 1. The molecule has 5 rings (SSSR count). The molecule has 0 saturated heterocycles. The second kappa shape index (κ2) is 6.85. The average molecular weight is 394 g/mol. The van der Waals surface area contributed by atoms with Gasteiger partial charge >= 0.3 is 0 Å². The molecule has 0 heterocycles. The van der Waals surface area contributed by atoms with Crippen molar-refractivity contribution in [1.29, 1.82) is 0 Å². The van der Waals surface area contributed by atoms with Crippen molar-refractivity contribution in [2.75, 3.05) is 0 Å². The zero-order valence-corrected chi connectivity index (χ0v) is 16.0. The van der Waals surface area contributed by atoms with Gasteiger partial charge in [0.05, 0.1) is 17.0 Å². The molecule has 0 saturated carbocycles. The van der Waals surface area contributed by atoms with Gasteiger partial charge in [-0.2, -0.15) is 0 Å². The topological polar surface area (TPSA) is 74.6 Å². The lowest BCUT2D eigenvalue weighted by atomic mass is 9.74. The lowest BCUT2D eigenvalue weighted by Crippen LogP contribution is -2.26. The number of phenols is 2. The van der Waals surface area contributed by atoms with Crippen LogP contribution in [0, 0.1) is 0 Å². The van der Waals surface area contributed by atoms with Crippen LogP contribution in [0.2, 0.25) is 0 Å². The zero-order chi connectivity index (χ0) is 20.8. The molecule has 4 nitrogen and oxygen atoms in total. The van der Waals surface area contributed by atoms with Gasteiger partial charge in [0.25, 0.3) is 0 Å². The van der Waals surface area contributed by atoms with Crippen molar-refractivity contribution in [1.82, 2.24) is 0 Å². The fourth-order valence-electron chi connectivity index (χ4n) is 4.38. The molecule has 0 unspecified atom stereocenters. The Morgan fingerprint density at radius 1 is 0.733 bits per heavy atom. The predicted molar refractivity (Wildman–Crippen MR) is 114 cm³/mol. The van der Waals surface area contributed by atoms with Crippen LogP contribution in [0.3, 0.4) is 0 Å². The van der Waals surface area contributed by atoms with Crippen LogP contribution < -0.4 is 0 Å². The van der Waals surface area contributed by atoms with Crippen molar-refractivity contribution >= 4 is 22.3 Å². The fraction of sp³-hybridized carbons (Fsp3) is 0.0769. The fourth-order valence-corrected chi connectivity index (χ4v) is 4.38. The summed E-state index contributed by atoms with van der Waals surface area (Å²) >= 11 is 0. The maximum atomic E-state index is 13.5. The molecule has 0 fully saturated rings. The predicted octanol–water partition coefficient (Wildman–Crippen LogP) is 4.74. The summed E-state index contributed by atoms with van der Waals surface area (Å²) in [5, 5.41) is 22.8. The first-order valence-corrected chi connectivity index (χ1v) is 9.73. The van der Waals surface area contributed by atoms with Crippen LogP contribution in [0.5, 0.6) is 11.5 Å². The first kappa shape index (κ1) is 18.1.